The largest absolute Gasteiger partial charge is 0.392 e. The first kappa shape index (κ1) is 24.1. The van der Waals surface area contributed by atoms with Crippen molar-refractivity contribution in [1.29, 1.82) is 4.78 Å². The van der Waals surface area contributed by atoms with Crippen molar-refractivity contribution >= 4 is 21.3 Å². The first-order valence-electron chi connectivity index (χ1n) is 9.62. The lowest BCUT2D eigenvalue weighted by Gasteiger charge is -2.37. The van der Waals surface area contributed by atoms with E-state index >= 15 is 0 Å². The first-order valence-corrected chi connectivity index (χ1v) is 11.6. The molecule has 3 unspecified atom stereocenters. The second-order valence-electron chi connectivity index (χ2n) is 8.06. The number of nitrogens with zero attached hydrogens (tertiary/aromatic N) is 3. The molecule has 3 rings (SSSR count). The summed E-state index contributed by atoms with van der Waals surface area (Å²) < 4.78 is 87.9. The van der Waals surface area contributed by atoms with E-state index < -0.39 is 45.3 Å². The van der Waals surface area contributed by atoms with Crippen LogP contribution in [0.15, 0.2) is 23.4 Å². The minimum atomic E-state index is -4.41. The van der Waals surface area contributed by atoms with Crippen LogP contribution in [0.25, 0.3) is 0 Å². The number of halogens is 5. The van der Waals surface area contributed by atoms with Gasteiger partial charge in [0.2, 0.25) is 0 Å². The van der Waals surface area contributed by atoms with Crippen molar-refractivity contribution in [2.75, 3.05) is 11.6 Å². The minimum Gasteiger partial charge on any atom is -0.321 e. The highest BCUT2D eigenvalue weighted by Crippen LogP contribution is 2.46. The maximum Gasteiger partial charge on any atom is 0.392 e. The summed E-state index contributed by atoms with van der Waals surface area (Å²) >= 11 is 0. The van der Waals surface area contributed by atoms with Crippen LogP contribution in [0.2, 0.25) is 0 Å². The molecule has 7 nitrogen and oxygen atoms in total. The number of amides is 1. The summed E-state index contributed by atoms with van der Waals surface area (Å²) in [7, 11) is -3.17. The highest BCUT2D eigenvalue weighted by atomic mass is 32.2. The van der Waals surface area contributed by atoms with Gasteiger partial charge in [0.25, 0.3) is 11.8 Å². The Morgan fingerprint density at radius 3 is 2.47 bits per heavy atom. The molecule has 32 heavy (non-hydrogen) atoms. The third kappa shape index (κ3) is 4.92. The molecule has 0 aliphatic heterocycles. The molecule has 1 saturated carbocycles. The van der Waals surface area contributed by atoms with Gasteiger partial charge in [-0.05, 0) is 37.8 Å². The summed E-state index contributed by atoms with van der Waals surface area (Å²) in [6.07, 6.45) is -1.87. The number of pyridine rings is 1. The van der Waals surface area contributed by atoms with E-state index in [1.54, 1.807) is 0 Å². The molecule has 13 heteroatoms. The van der Waals surface area contributed by atoms with E-state index in [0.717, 1.165) is 10.9 Å². The molecule has 2 heterocycles. The Morgan fingerprint density at radius 1 is 1.31 bits per heavy atom. The van der Waals surface area contributed by atoms with Gasteiger partial charge in [0, 0.05) is 37.2 Å². The normalized spacial score (nSPS) is 21.0. The highest BCUT2D eigenvalue weighted by molar-refractivity contribution is 7.91. The van der Waals surface area contributed by atoms with E-state index in [0.29, 0.717) is 6.92 Å². The van der Waals surface area contributed by atoms with Crippen molar-refractivity contribution in [3.63, 3.8) is 0 Å². The van der Waals surface area contributed by atoms with E-state index in [1.807, 2.05) is 0 Å². The Morgan fingerprint density at radius 2 is 1.97 bits per heavy atom. The SMILES string of the molecule is Cc1c(C(C)(F)F)nn(CC2CCC2C(F)(F)F)c1C(=O)Nc1ccnc(S(C)(=N)=O)c1. The van der Waals surface area contributed by atoms with Gasteiger partial charge >= 0.3 is 6.18 Å². The average molecular weight is 479 g/mol. The van der Waals surface area contributed by atoms with Gasteiger partial charge in [-0.3, -0.25) is 9.48 Å². The zero-order valence-electron chi connectivity index (χ0n) is 17.5. The van der Waals surface area contributed by atoms with Crippen molar-refractivity contribution in [3.8, 4) is 0 Å². The maximum atomic E-state index is 14.0. The molecule has 0 radical (unpaired) electrons. The first-order chi connectivity index (χ1) is 14.6. The van der Waals surface area contributed by atoms with E-state index in [2.05, 4.69) is 15.4 Å². The minimum absolute atomic E-state index is 0.0596. The van der Waals surface area contributed by atoms with E-state index in [9.17, 15) is 31.0 Å². The molecule has 2 aromatic rings. The van der Waals surface area contributed by atoms with Crippen LogP contribution in [0.4, 0.5) is 27.6 Å². The molecule has 1 amide bonds. The van der Waals surface area contributed by atoms with Crippen LogP contribution in [0.1, 0.15) is 41.5 Å². The second kappa shape index (κ2) is 8.09. The molecule has 176 valence electrons. The van der Waals surface area contributed by atoms with Gasteiger partial charge in [0.1, 0.15) is 16.4 Å². The molecular weight excluding hydrogens is 457 g/mol. The summed E-state index contributed by atoms with van der Waals surface area (Å²) in [5.41, 5.74) is -1.01. The summed E-state index contributed by atoms with van der Waals surface area (Å²) in [5.74, 6) is -6.72. The van der Waals surface area contributed by atoms with Crippen LogP contribution >= 0.6 is 0 Å². The molecular formula is C19H22F5N5O2S. The van der Waals surface area contributed by atoms with Crippen molar-refractivity contribution in [2.45, 2.75) is 50.4 Å². The second-order valence-corrected chi connectivity index (χ2v) is 10.2. The van der Waals surface area contributed by atoms with Crippen LogP contribution in [-0.4, -0.2) is 37.3 Å². The Kier molecular flexibility index (Phi) is 6.09. The smallest absolute Gasteiger partial charge is 0.321 e. The predicted octanol–water partition coefficient (Wildman–Crippen LogP) is 4.57. The molecule has 0 saturated heterocycles. The zero-order valence-corrected chi connectivity index (χ0v) is 18.3. The number of rotatable bonds is 6. The predicted molar refractivity (Wildman–Crippen MR) is 106 cm³/mol. The number of hydrogen-bond donors (Lipinski definition) is 2. The van der Waals surface area contributed by atoms with Crippen molar-refractivity contribution in [3.05, 3.63) is 35.3 Å². The highest BCUT2D eigenvalue weighted by Gasteiger charge is 2.50. The standard InChI is InChI=1S/C19H22F5N5O2S/c1-10-15(17(30)27-12-6-7-26-14(8-12)32(3,25)31)29(28-16(10)18(2,20)21)9-11-4-5-13(11)19(22,23)24/h6-8,11,13,25H,4-5,9H2,1-3H3,(H,26,27,30). The van der Waals surface area contributed by atoms with Crippen LogP contribution in [0, 0.1) is 23.5 Å². The lowest BCUT2D eigenvalue weighted by atomic mass is 9.73. The molecule has 0 aromatic carbocycles. The number of nitrogens with one attached hydrogen (secondary N) is 2. The monoisotopic (exact) mass is 479 g/mol. The quantitative estimate of drug-likeness (QED) is 0.593. The molecule has 0 bridgehead atoms. The van der Waals surface area contributed by atoms with Gasteiger partial charge in [-0.15, -0.1) is 0 Å². The van der Waals surface area contributed by atoms with Crippen molar-refractivity contribution in [2.24, 2.45) is 11.8 Å². The number of alkyl halides is 5. The topological polar surface area (TPSA) is 101 Å². The molecule has 0 spiro atoms. The van der Waals surface area contributed by atoms with Crippen molar-refractivity contribution < 1.29 is 31.0 Å². The molecule has 1 aliphatic rings. The number of carbonyl (C=O) groups excluding carboxylic acids is 1. The van der Waals surface area contributed by atoms with Gasteiger partial charge < -0.3 is 5.32 Å². The van der Waals surface area contributed by atoms with Crippen molar-refractivity contribution in [1.82, 2.24) is 14.8 Å². The number of anilines is 1. The maximum absolute atomic E-state index is 14.0. The van der Waals surface area contributed by atoms with Gasteiger partial charge in [0.05, 0.1) is 15.6 Å². The van der Waals surface area contributed by atoms with Gasteiger partial charge in [-0.1, -0.05) is 0 Å². The summed E-state index contributed by atoms with van der Waals surface area (Å²) in [4.78, 5) is 16.8. The summed E-state index contributed by atoms with van der Waals surface area (Å²) in [5, 5.41) is 6.15. The van der Waals surface area contributed by atoms with Crippen LogP contribution < -0.4 is 5.32 Å². The van der Waals surface area contributed by atoms with Crippen LogP contribution in [0.3, 0.4) is 0 Å². The molecule has 1 fully saturated rings. The van der Waals surface area contributed by atoms with E-state index in [1.165, 1.54) is 25.3 Å². The summed E-state index contributed by atoms with van der Waals surface area (Å²) in [6.45, 7) is 1.52. The fourth-order valence-electron chi connectivity index (χ4n) is 3.72. The zero-order chi connectivity index (χ0) is 24.1. The molecule has 2 aromatic heterocycles. The molecule has 3 atom stereocenters. The molecule has 1 aliphatic carbocycles. The number of hydrogen-bond acceptors (Lipinski definition) is 5. The Labute approximate surface area is 181 Å². The van der Waals surface area contributed by atoms with E-state index in [-0.39, 0.29) is 41.4 Å². The number of aromatic nitrogens is 3. The van der Waals surface area contributed by atoms with Gasteiger partial charge in [-0.2, -0.15) is 27.1 Å². The lowest BCUT2D eigenvalue weighted by Crippen LogP contribution is -2.41. The van der Waals surface area contributed by atoms with Gasteiger partial charge in [0.15, 0.2) is 0 Å². The fourth-order valence-corrected chi connectivity index (χ4v) is 4.33. The lowest BCUT2D eigenvalue weighted by molar-refractivity contribution is -0.214. The molecule has 2 N–H and O–H groups in total. The summed E-state index contributed by atoms with van der Waals surface area (Å²) in [6, 6.07) is 2.56. The number of carbonyl (C=O) groups is 1. The fraction of sp³-hybridized carbons (Fsp3) is 0.526. The third-order valence-electron chi connectivity index (χ3n) is 5.46. The third-order valence-corrected chi connectivity index (χ3v) is 6.48. The van der Waals surface area contributed by atoms with E-state index in [4.69, 9.17) is 4.78 Å². The van der Waals surface area contributed by atoms with Crippen LogP contribution in [-0.2, 0) is 22.2 Å². The van der Waals surface area contributed by atoms with Gasteiger partial charge in [-0.25, -0.2) is 14.0 Å². The van der Waals surface area contributed by atoms with Crippen LogP contribution in [0.5, 0.6) is 0 Å². The Bertz CT molecular complexity index is 1140. The average Bonchev–Trinajstić information content (AvgIpc) is 2.93. The Balaban J connectivity index is 1.96. The Hall–Kier alpha value is -2.57.